The van der Waals surface area contributed by atoms with Crippen LogP contribution in [0.15, 0.2) is 42.5 Å². The van der Waals surface area contributed by atoms with E-state index in [9.17, 15) is 4.79 Å². The van der Waals surface area contributed by atoms with Crippen molar-refractivity contribution in [2.75, 3.05) is 0 Å². The van der Waals surface area contributed by atoms with E-state index in [2.05, 4.69) is 32.0 Å². The van der Waals surface area contributed by atoms with E-state index < -0.39 is 0 Å². The summed E-state index contributed by atoms with van der Waals surface area (Å²) in [6, 6.07) is 14.2. The Kier molecular flexibility index (Phi) is 4.73. The highest BCUT2D eigenvalue weighted by atomic mass is 16.1. The molecule has 2 aromatic rings. The van der Waals surface area contributed by atoms with Crippen LogP contribution in [0.5, 0.6) is 0 Å². The standard InChI is InChI=1S/C18H22O/c1-3-8-15(9-4-2)18(19)17-13-7-11-14-10-5-6-12-16(14)17/h5-7,10-13,15H,3-4,8-9H2,1-2H3. The smallest absolute Gasteiger partial charge is 0.166 e. The van der Waals surface area contributed by atoms with E-state index in [1.54, 1.807) is 0 Å². The third-order valence-electron chi connectivity index (χ3n) is 3.70. The fourth-order valence-electron chi connectivity index (χ4n) is 2.76. The van der Waals surface area contributed by atoms with Crippen LogP contribution in [0.25, 0.3) is 10.8 Å². The van der Waals surface area contributed by atoms with E-state index in [4.69, 9.17) is 0 Å². The molecule has 0 radical (unpaired) electrons. The zero-order valence-electron chi connectivity index (χ0n) is 11.9. The fourth-order valence-corrected chi connectivity index (χ4v) is 2.76. The van der Waals surface area contributed by atoms with Gasteiger partial charge in [-0.3, -0.25) is 4.79 Å². The van der Waals surface area contributed by atoms with E-state index in [0.29, 0.717) is 5.78 Å². The molecule has 100 valence electrons. The van der Waals surface area contributed by atoms with E-state index in [1.165, 1.54) is 0 Å². The quantitative estimate of drug-likeness (QED) is 0.644. The number of carbonyl (C=O) groups excluding carboxylic acids is 1. The summed E-state index contributed by atoms with van der Waals surface area (Å²) in [5, 5.41) is 2.24. The molecular weight excluding hydrogens is 232 g/mol. The van der Waals surface area contributed by atoms with Crippen molar-refractivity contribution in [2.24, 2.45) is 5.92 Å². The van der Waals surface area contributed by atoms with Gasteiger partial charge >= 0.3 is 0 Å². The number of benzene rings is 2. The normalized spacial score (nSPS) is 11.1. The Morgan fingerprint density at radius 2 is 1.58 bits per heavy atom. The van der Waals surface area contributed by atoms with E-state index in [1.807, 2.05) is 24.3 Å². The van der Waals surface area contributed by atoms with Gasteiger partial charge < -0.3 is 0 Å². The predicted molar refractivity (Wildman–Crippen MR) is 81.6 cm³/mol. The summed E-state index contributed by atoms with van der Waals surface area (Å²) in [6.45, 7) is 4.30. The van der Waals surface area contributed by atoms with Gasteiger partial charge in [-0.05, 0) is 23.6 Å². The highest BCUT2D eigenvalue weighted by Crippen LogP contribution is 2.25. The van der Waals surface area contributed by atoms with Gasteiger partial charge in [-0.25, -0.2) is 0 Å². The average Bonchev–Trinajstić information content (AvgIpc) is 2.46. The van der Waals surface area contributed by atoms with Crippen LogP contribution in [0.2, 0.25) is 0 Å². The molecule has 0 unspecified atom stereocenters. The molecule has 1 heteroatoms. The first-order valence-electron chi connectivity index (χ1n) is 7.29. The van der Waals surface area contributed by atoms with Gasteiger partial charge in [0.15, 0.2) is 5.78 Å². The molecule has 0 aliphatic heterocycles. The van der Waals surface area contributed by atoms with Crippen molar-refractivity contribution in [3.63, 3.8) is 0 Å². The van der Waals surface area contributed by atoms with E-state index in [0.717, 1.165) is 42.0 Å². The molecule has 0 aromatic heterocycles. The Bertz CT molecular complexity index is 545. The second-order valence-electron chi connectivity index (χ2n) is 5.17. The largest absolute Gasteiger partial charge is 0.294 e. The molecule has 0 atom stereocenters. The minimum atomic E-state index is 0.181. The predicted octanol–water partition coefficient (Wildman–Crippen LogP) is 5.24. The molecule has 0 heterocycles. The van der Waals surface area contributed by atoms with Gasteiger partial charge in [0.05, 0.1) is 0 Å². The third-order valence-corrected chi connectivity index (χ3v) is 3.70. The number of ketones is 1. The number of Topliss-reactive ketones (excluding diaryl/α,β-unsaturated/α-hetero) is 1. The second-order valence-corrected chi connectivity index (χ2v) is 5.17. The lowest BCUT2D eigenvalue weighted by atomic mass is 9.88. The molecule has 0 saturated carbocycles. The van der Waals surface area contributed by atoms with Crippen LogP contribution in [-0.4, -0.2) is 5.78 Å². The Balaban J connectivity index is 2.39. The topological polar surface area (TPSA) is 17.1 Å². The minimum Gasteiger partial charge on any atom is -0.294 e. The van der Waals surface area contributed by atoms with Crippen molar-refractivity contribution in [3.05, 3.63) is 48.0 Å². The fraction of sp³-hybridized carbons (Fsp3) is 0.389. The number of fused-ring (bicyclic) bond motifs is 1. The molecule has 2 aromatic carbocycles. The summed E-state index contributed by atoms with van der Waals surface area (Å²) < 4.78 is 0. The summed E-state index contributed by atoms with van der Waals surface area (Å²) >= 11 is 0. The third kappa shape index (κ3) is 3.04. The molecule has 0 bridgehead atoms. The highest BCUT2D eigenvalue weighted by molar-refractivity contribution is 6.09. The molecule has 0 aliphatic carbocycles. The van der Waals surface area contributed by atoms with Crippen molar-refractivity contribution < 1.29 is 4.79 Å². The molecule has 1 nitrogen and oxygen atoms in total. The lowest BCUT2D eigenvalue weighted by Gasteiger charge is -2.15. The lowest BCUT2D eigenvalue weighted by molar-refractivity contribution is 0.0906. The van der Waals surface area contributed by atoms with Crippen LogP contribution in [0.1, 0.15) is 49.9 Å². The van der Waals surface area contributed by atoms with E-state index >= 15 is 0 Å². The van der Waals surface area contributed by atoms with Gasteiger partial charge in [0, 0.05) is 11.5 Å². The van der Waals surface area contributed by atoms with Crippen LogP contribution in [0.4, 0.5) is 0 Å². The Labute approximate surface area is 115 Å². The molecule has 0 aliphatic rings. The molecule has 19 heavy (non-hydrogen) atoms. The first-order valence-corrected chi connectivity index (χ1v) is 7.29. The van der Waals surface area contributed by atoms with Crippen molar-refractivity contribution in [1.29, 1.82) is 0 Å². The molecule has 0 spiro atoms. The van der Waals surface area contributed by atoms with Gasteiger partial charge in [-0.2, -0.15) is 0 Å². The average molecular weight is 254 g/mol. The summed E-state index contributed by atoms with van der Waals surface area (Å²) in [5.41, 5.74) is 0.894. The van der Waals surface area contributed by atoms with Gasteiger partial charge in [-0.1, -0.05) is 69.2 Å². The molecule has 0 fully saturated rings. The highest BCUT2D eigenvalue weighted by Gasteiger charge is 2.19. The minimum absolute atomic E-state index is 0.181. The number of carbonyl (C=O) groups is 1. The van der Waals surface area contributed by atoms with Gasteiger partial charge in [0.25, 0.3) is 0 Å². The van der Waals surface area contributed by atoms with Crippen LogP contribution in [0.3, 0.4) is 0 Å². The summed E-state index contributed by atoms with van der Waals surface area (Å²) in [6.07, 6.45) is 4.13. The van der Waals surface area contributed by atoms with Crippen molar-refractivity contribution in [3.8, 4) is 0 Å². The van der Waals surface area contributed by atoms with Gasteiger partial charge in [0.2, 0.25) is 0 Å². The number of rotatable bonds is 6. The monoisotopic (exact) mass is 254 g/mol. The first-order chi connectivity index (χ1) is 9.27. The maximum Gasteiger partial charge on any atom is 0.166 e. The zero-order chi connectivity index (χ0) is 13.7. The Morgan fingerprint density at radius 3 is 2.26 bits per heavy atom. The summed E-state index contributed by atoms with van der Waals surface area (Å²) in [5.74, 6) is 0.501. The van der Waals surface area contributed by atoms with Crippen molar-refractivity contribution in [2.45, 2.75) is 39.5 Å². The molecule has 0 saturated heterocycles. The lowest BCUT2D eigenvalue weighted by Crippen LogP contribution is -2.15. The molecule has 2 rings (SSSR count). The van der Waals surface area contributed by atoms with Crippen molar-refractivity contribution in [1.82, 2.24) is 0 Å². The summed E-state index contributed by atoms with van der Waals surface area (Å²) in [4.78, 5) is 12.7. The Morgan fingerprint density at radius 1 is 0.947 bits per heavy atom. The van der Waals surface area contributed by atoms with Crippen molar-refractivity contribution >= 4 is 16.6 Å². The van der Waals surface area contributed by atoms with Crippen LogP contribution >= 0.6 is 0 Å². The van der Waals surface area contributed by atoms with Gasteiger partial charge in [0.1, 0.15) is 0 Å². The zero-order valence-corrected chi connectivity index (χ0v) is 11.9. The maximum atomic E-state index is 12.7. The summed E-state index contributed by atoms with van der Waals surface area (Å²) in [7, 11) is 0. The van der Waals surface area contributed by atoms with E-state index in [-0.39, 0.29) is 5.92 Å². The molecule has 0 N–H and O–H groups in total. The Hall–Kier alpha value is -1.63. The second kappa shape index (κ2) is 6.51. The van der Waals surface area contributed by atoms with Crippen LogP contribution in [-0.2, 0) is 0 Å². The van der Waals surface area contributed by atoms with Crippen LogP contribution < -0.4 is 0 Å². The first kappa shape index (κ1) is 13.8. The molecular formula is C18H22O. The van der Waals surface area contributed by atoms with Gasteiger partial charge in [-0.15, -0.1) is 0 Å². The molecule has 0 amide bonds. The maximum absolute atomic E-state index is 12.7. The van der Waals surface area contributed by atoms with Crippen LogP contribution in [0, 0.1) is 5.92 Å². The number of hydrogen-bond acceptors (Lipinski definition) is 1. The SMILES string of the molecule is CCCC(CCC)C(=O)c1cccc2ccccc12. The number of hydrogen-bond donors (Lipinski definition) is 0.